The third-order valence-electron chi connectivity index (χ3n) is 2.29. The zero-order valence-corrected chi connectivity index (χ0v) is 8.45. The summed E-state index contributed by atoms with van der Waals surface area (Å²) in [5.74, 6) is 0.0339. The number of halogens is 1. The lowest BCUT2D eigenvalue weighted by molar-refractivity contribution is -0.112. The molecule has 0 aromatic carbocycles. The molecule has 0 radical (unpaired) electrons. The Bertz CT molecular complexity index is 202. The fourth-order valence-electron chi connectivity index (χ4n) is 1.74. The number of allylic oxidation sites excluding steroid dienone is 2. The fourth-order valence-corrected chi connectivity index (χ4v) is 2.00. The molecule has 0 amide bonds. The van der Waals surface area contributed by atoms with E-state index in [-0.39, 0.29) is 11.2 Å². The minimum absolute atomic E-state index is 0.0339. The fraction of sp³-hybridized carbons (Fsp3) is 0.700. The largest absolute Gasteiger partial charge is 0.280 e. The summed E-state index contributed by atoms with van der Waals surface area (Å²) in [4.78, 5) is 10.9. The first-order valence-electron chi connectivity index (χ1n) is 4.63. The summed E-state index contributed by atoms with van der Waals surface area (Å²) in [7, 11) is 0. The van der Waals surface area contributed by atoms with Gasteiger partial charge in [0.1, 0.15) is 0 Å². The molecule has 0 aromatic heterocycles. The molecule has 0 atom stereocenters. The molecule has 1 aliphatic rings. The molecule has 1 aliphatic carbocycles. The van der Waals surface area contributed by atoms with Crippen LogP contribution in [0.5, 0.6) is 0 Å². The van der Waals surface area contributed by atoms with Gasteiger partial charge in [-0.3, -0.25) is 4.79 Å². The quantitative estimate of drug-likeness (QED) is 0.476. The van der Waals surface area contributed by atoms with Crippen LogP contribution in [0.2, 0.25) is 0 Å². The smallest absolute Gasteiger partial charge is 0.232 e. The van der Waals surface area contributed by atoms with Crippen LogP contribution < -0.4 is 0 Å². The van der Waals surface area contributed by atoms with Crippen molar-refractivity contribution < 1.29 is 4.79 Å². The summed E-state index contributed by atoms with van der Waals surface area (Å²) in [5, 5.41) is -0.179. The van der Waals surface area contributed by atoms with Crippen LogP contribution in [0, 0.1) is 5.92 Å². The van der Waals surface area contributed by atoms with Gasteiger partial charge in [0.15, 0.2) is 0 Å². The van der Waals surface area contributed by atoms with Crippen LogP contribution in [0.1, 0.15) is 39.5 Å². The van der Waals surface area contributed by atoms with E-state index in [0.29, 0.717) is 0 Å². The SMILES string of the molecule is CCCC1=C(CCC)C1C(=O)Cl. The van der Waals surface area contributed by atoms with Crippen molar-refractivity contribution in [2.45, 2.75) is 39.5 Å². The maximum Gasteiger partial charge on any atom is 0.232 e. The van der Waals surface area contributed by atoms with Gasteiger partial charge in [0, 0.05) is 0 Å². The van der Waals surface area contributed by atoms with E-state index in [2.05, 4.69) is 13.8 Å². The summed E-state index contributed by atoms with van der Waals surface area (Å²) < 4.78 is 0. The van der Waals surface area contributed by atoms with Crippen LogP contribution in [0.4, 0.5) is 0 Å². The lowest BCUT2D eigenvalue weighted by atomic mass is 10.2. The molecule has 0 bridgehead atoms. The van der Waals surface area contributed by atoms with E-state index >= 15 is 0 Å². The van der Waals surface area contributed by atoms with Crippen molar-refractivity contribution in [1.82, 2.24) is 0 Å². The predicted molar refractivity (Wildman–Crippen MR) is 51.2 cm³/mol. The van der Waals surface area contributed by atoms with Crippen LogP contribution in [0.3, 0.4) is 0 Å². The van der Waals surface area contributed by atoms with Gasteiger partial charge in [-0.1, -0.05) is 37.8 Å². The Hall–Kier alpha value is -0.300. The molecule has 12 heavy (non-hydrogen) atoms. The maximum atomic E-state index is 10.9. The predicted octanol–water partition coefficient (Wildman–Crippen LogP) is 3.28. The molecular formula is C10H15ClO. The van der Waals surface area contributed by atoms with Gasteiger partial charge in [-0.2, -0.15) is 0 Å². The van der Waals surface area contributed by atoms with Crippen molar-refractivity contribution in [3.63, 3.8) is 0 Å². The van der Waals surface area contributed by atoms with Crippen molar-refractivity contribution in [1.29, 1.82) is 0 Å². The molecular weight excluding hydrogens is 172 g/mol. The van der Waals surface area contributed by atoms with Gasteiger partial charge in [-0.15, -0.1) is 0 Å². The topological polar surface area (TPSA) is 17.1 Å². The summed E-state index contributed by atoms with van der Waals surface area (Å²) in [5.41, 5.74) is 2.64. The number of hydrogen-bond donors (Lipinski definition) is 0. The van der Waals surface area contributed by atoms with E-state index < -0.39 is 0 Å². The van der Waals surface area contributed by atoms with Crippen molar-refractivity contribution in [2.24, 2.45) is 5.92 Å². The number of carbonyl (C=O) groups excluding carboxylic acids is 1. The maximum absolute atomic E-state index is 10.9. The Morgan fingerprint density at radius 1 is 1.25 bits per heavy atom. The Labute approximate surface area is 78.8 Å². The molecule has 1 nitrogen and oxygen atoms in total. The first kappa shape index (κ1) is 9.79. The number of rotatable bonds is 5. The molecule has 2 heteroatoms. The highest BCUT2D eigenvalue weighted by molar-refractivity contribution is 6.65. The van der Waals surface area contributed by atoms with E-state index in [0.717, 1.165) is 25.7 Å². The second-order valence-corrected chi connectivity index (χ2v) is 3.66. The van der Waals surface area contributed by atoms with Crippen LogP contribution in [-0.4, -0.2) is 5.24 Å². The average Bonchev–Trinajstić information content (AvgIpc) is 2.65. The van der Waals surface area contributed by atoms with Crippen molar-refractivity contribution in [3.05, 3.63) is 11.1 Å². The van der Waals surface area contributed by atoms with Crippen LogP contribution in [0.15, 0.2) is 11.1 Å². The van der Waals surface area contributed by atoms with Crippen molar-refractivity contribution in [3.8, 4) is 0 Å². The van der Waals surface area contributed by atoms with Gasteiger partial charge in [-0.05, 0) is 24.4 Å². The van der Waals surface area contributed by atoms with Gasteiger partial charge in [-0.25, -0.2) is 0 Å². The molecule has 0 unspecified atom stereocenters. The normalized spacial score (nSPS) is 16.9. The third kappa shape index (κ3) is 1.89. The van der Waals surface area contributed by atoms with Crippen LogP contribution in [0.25, 0.3) is 0 Å². The minimum Gasteiger partial charge on any atom is -0.280 e. The second kappa shape index (κ2) is 4.08. The molecule has 68 valence electrons. The monoisotopic (exact) mass is 186 g/mol. The van der Waals surface area contributed by atoms with Gasteiger partial charge >= 0.3 is 0 Å². The van der Waals surface area contributed by atoms with E-state index in [1.54, 1.807) is 0 Å². The zero-order chi connectivity index (χ0) is 9.14. The molecule has 0 aliphatic heterocycles. The highest BCUT2D eigenvalue weighted by Crippen LogP contribution is 2.46. The lowest BCUT2D eigenvalue weighted by Crippen LogP contribution is -1.94. The first-order valence-corrected chi connectivity index (χ1v) is 5.01. The Kier molecular flexibility index (Phi) is 3.33. The summed E-state index contributed by atoms with van der Waals surface area (Å²) in [6, 6.07) is 0. The van der Waals surface area contributed by atoms with Crippen molar-refractivity contribution >= 4 is 16.8 Å². The third-order valence-corrected chi connectivity index (χ3v) is 2.51. The molecule has 0 saturated heterocycles. The zero-order valence-electron chi connectivity index (χ0n) is 7.69. The standard InChI is InChI=1S/C10H15ClO/c1-3-5-7-8(6-4-2)9(7)10(11)12/h9H,3-6H2,1-2H3. The van der Waals surface area contributed by atoms with E-state index in [1.165, 1.54) is 11.1 Å². The van der Waals surface area contributed by atoms with Gasteiger partial charge in [0.25, 0.3) is 0 Å². The molecule has 1 rings (SSSR count). The first-order chi connectivity index (χ1) is 5.72. The Morgan fingerprint density at radius 2 is 1.67 bits per heavy atom. The molecule has 0 aromatic rings. The lowest BCUT2D eigenvalue weighted by Gasteiger charge is -1.90. The summed E-state index contributed by atoms with van der Waals surface area (Å²) in [6.45, 7) is 4.26. The van der Waals surface area contributed by atoms with Crippen LogP contribution in [-0.2, 0) is 4.79 Å². The summed E-state index contributed by atoms with van der Waals surface area (Å²) >= 11 is 5.46. The van der Waals surface area contributed by atoms with Crippen molar-refractivity contribution in [2.75, 3.05) is 0 Å². The molecule has 0 fully saturated rings. The van der Waals surface area contributed by atoms with E-state index in [1.807, 2.05) is 0 Å². The van der Waals surface area contributed by atoms with Gasteiger partial charge < -0.3 is 0 Å². The Morgan fingerprint density at radius 3 is 1.92 bits per heavy atom. The highest BCUT2D eigenvalue weighted by Gasteiger charge is 2.39. The number of carbonyl (C=O) groups is 1. The summed E-state index contributed by atoms with van der Waals surface area (Å²) in [6.07, 6.45) is 4.34. The van der Waals surface area contributed by atoms with E-state index in [4.69, 9.17) is 11.6 Å². The van der Waals surface area contributed by atoms with Crippen LogP contribution >= 0.6 is 11.6 Å². The molecule has 0 heterocycles. The number of hydrogen-bond acceptors (Lipinski definition) is 1. The van der Waals surface area contributed by atoms with Gasteiger partial charge in [0.2, 0.25) is 5.24 Å². The van der Waals surface area contributed by atoms with E-state index in [9.17, 15) is 4.79 Å². The molecule has 0 saturated carbocycles. The minimum atomic E-state index is -0.179. The second-order valence-electron chi connectivity index (χ2n) is 3.29. The molecule has 0 N–H and O–H groups in total. The average molecular weight is 187 g/mol. The Balaban J connectivity index is 2.49. The molecule has 0 spiro atoms. The highest BCUT2D eigenvalue weighted by atomic mass is 35.5. The van der Waals surface area contributed by atoms with Gasteiger partial charge in [0.05, 0.1) is 5.92 Å².